The number of rotatable bonds is 7. The van der Waals surface area contributed by atoms with Crippen molar-refractivity contribution in [2.24, 2.45) is 0 Å². The first kappa shape index (κ1) is 18.2. The molecule has 2 heterocycles. The van der Waals surface area contributed by atoms with Crippen LogP contribution in [0.15, 0.2) is 42.5 Å². The zero-order chi connectivity index (χ0) is 18.6. The fourth-order valence-electron chi connectivity index (χ4n) is 2.96. The van der Waals surface area contributed by atoms with Gasteiger partial charge in [-0.15, -0.1) is 0 Å². The topological polar surface area (TPSA) is 66.4 Å². The van der Waals surface area contributed by atoms with Crippen molar-refractivity contribution in [2.45, 2.75) is 10.9 Å². The average Bonchev–Trinajstić information content (AvgIpc) is 3.35. The third kappa shape index (κ3) is 4.05. The molecule has 0 aromatic heterocycles. The highest BCUT2D eigenvalue weighted by atomic mass is 79.9. The molecule has 7 heteroatoms. The van der Waals surface area contributed by atoms with Crippen molar-refractivity contribution in [3.63, 3.8) is 0 Å². The van der Waals surface area contributed by atoms with Crippen LogP contribution in [0, 0.1) is 0 Å². The van der Waals surface area contributed by atoms with E-state index in [0.29, 0.717) is 12.4 Å². The molecule has 0 saturated carbocycles. The first-order chi connectivity index (χ1) is 13.2. The summed E-state index contributed by atoms with van der Waals surface area (Å²) in [7, 11) is 0. The third-order valence-corrected chi connectivity index (χ3v) is 5.08. The highest BCUT2D eigenvalue weighted by molar-refractivity contribution is 9.09. The van der Waals surface area contributed by atoms with Crippen molar-refractivity contribution in [1.82, 2.24) is 0 Å². The van der Waals surface area contributed by atoms with Gasteiger partial charge in [-0.2, -0.15) is 0 Å². The number of aliphatic hydroxyl groups excluding tert-OH is 1. The molecule has 4 rings (SSSR count). The Kier molecular flexibility index (Phi) is 5.52. The monoisotopic (exact) mass is 434 g/mol. The standard InChI is InChI=1S/C20H19BrO6/c21-15(10-22)20(14-4-6-17-19(9-14)27-12-25-17)23-7-1-2-13-3-5-16-18(8-13)26-11-24-16/h1-6,8-9,15,20,22H,7,10-12H2/b2-1+. The minimum Gasteiger partial charge on any atom is -0.454 e. The first-order valence-electron chi connectivity index (χ1n) is 8.57. The predicted octanol–water partition coefficient (Wildman–Crippen LogP) is 3.67. The maximum absolute atomic E-state index is 9.56. The van der Waals surface area contributed by atoms with E-state index in [1.54, 1.807) is 0 Å². The molecule has 0 saturated heterocycles. The summed E-state index contributed by atoms with van der Waals surface area (Å²) in [5.41, 5.74) is 1.91. The molecule has 1 N–H and O–H groups in total. The van der Waals surface area contributed by atoms with E-state index in [1.807, 2.05) is 48.6 Å². The Labute approximate surface area is 165 Å². The second-order valence-electron chi connectivity index (χ2n) is 6.08. The van der Waals surface area contributed by atoms with E-state index in [1.165, 1.54) is 0 Å². The summed E-state index contributed by atoms with van der Waals surface area (Å²) < 4.78 is 27.5. The molecule has 0 radical (unpaired) electrons. The van der Waals surface area contributed by atoms with Crippen LogP contribution in [0.4, 0.5) is 0 Å². The van der Waals surface area contributed by atoms with Crippen molar-refractivity contribution >= 4 is 22.0 Å². The SMILES string of the molecule is OCC(Br)C(OC/C=C/c1ccc2c(c1)OCO2)c1ccc2c(c1)OCO2. The third-order valence-electron chi connectivity index (χ3n) is 4.31. The van der Waals surface area contributed by atoms with Crippen LogP contribution in [0.2, 0.25) is 0 Å². The van der Waals surface area contributed by atoms with Crippen LogP contribution in [-0.4, -0.2) is 36.7 Å². The van der Waals surface area contributed by atoms with Crippen LogP contribution in [0.3, 0.4) is 0 Å². The number of ether oxygens (including phenoxy) is 5. The molecule has 0 aliphatic carbocycles. The molecule has 0 fully saturated rings. The minimum atomic E-state index is -0.328. The van der Waals surface area contributed by atoms with Gasteiger partial charge in [-0.1, -0.05) is 40.2 Å². The number of fused-ring (bicyclic) bond motifs is 2. The van der Waals surface area contributed by atoms with Crippen LogP contribution in [0.25, 0.3) is 6.08 Å². The molecular formula is C20H19BrO6. The molecule has 2 atom stereocenters. The second kappa shape index (κ2) is 8.21. The lowest BCUT2D eigenvalue weighted by Crippen LogP contribution is -2.19. The van der Waals surface area contributed by atoms with Gasteiger partial charge in [0.15, 0.2) is 23.0 Å². The van der Waals surface area contributed by atoms with Gasteiger partial charge in [0.25, 0.3) is 0 Å². The van der Waals surface area contributed by atoms with Gasteiger partial charge in [0.05, 0.1) is 24.1 Å². The normalized spacial score (nSPS) is 16.7. The van der Waals surface area contributed by atoms with Gasteiger partial charge in [0.1, 0.15) is 0 Å². The Hall–Kier alpha value is -2.22. The van der Waals surface area contributed by atoms with Crippen molar-refractivity contribution in [1.29, 1.82) is 0 Å². The van der Waals surface area contributed by atoms with E-state index in [-0.39, 0.29) is 31.1 Å². The van der Waals surface area contributed by atoms with Crippen LogP contribution in [-0.2, 0) is 4.74 Å². The number of aliphatic hydroxyl groups is 1. The average molecular weight is 435 g/mol. The van der Waals surface area contributed by atoms with Crippen molar-refractivity contribution in [3.05, 3.63) is 53.6 Å². The molecule has 142 valence electrons. The van der Waals surface area contributed by atoms with Gasteiger partial charge in [0, 0.05) is 0 Å². The molecule has 2 aromatic carbocycles. The number of hydrogen-bond acceptors (Lipinski definition) is 6. The van der Waals surface area contributed by atoms with E-state index < -0.39 is 0 Å². The van der Waals surface area contributed by atoms with E-state index >= 15 is 0 Å². The number of halogens is 1. The fourth-order valence-corrected chi connectivity index (χ4v) is 3.41. The highest BCUT2D eigenvalue weighted by Gasteiger charge is 2.24. The van der Waals surface area contributed by atoms with E-state index in [4.69, 9.17) is 23.7 Å². The summed E-state index contributed by atoms with van der Waals surface area (Å²) in [6, 6.07) is 11.4. The fraction of sp³-hybridized carbons (Fsp3) is 0.300. The van der Waals surface area contributed by atoms with Crippen molar-refractivity contribution in [2.75, 3.05) is 26.8 Å². The van der Waals surface area contributed by atoms with Gasteiger partial charge < -0.3 is 28.8 Å². The van der Waals surface area contributed by atoms with Crippen molar-refractivity contribution < 1.29 is 28.8 Å². The lowest BCUT2D eigenvalue weighted by Gasteiger charge is -2.21. The van der Waals surface area contributed by atoms with E-state index in [0.717, 1.165) is 28.4 Å². The zero-order valence-electron chi connectivity index (χ0n) is 14.5. The van der Waals surface area contributed by atoms with Crippen LogP contribution >= 0.6 is 15.9 Å². The number of hydrogen-bond donors (Lipinski definition) is 1. The Morgan fingerprint density at radius 2 is 1.63 bits per heavy atom. The van der Waals surface area contributed by atoms with E-state index in [2.05, 4.69) is 15.9 Å². The van der Waals surface area contributed by atoms with Gasteiger partial charge in [-0.3, -0.25) is 0 Å². The van der Waals surface area contributed by atoms with Gasteiger partial charge >= 0.3 is 0 Å². The lowest BCUT2D eigenvalue weighted by molar-refractivity contribution is 0.0603. The predicted molar refractivity (Wildman–Crippen MR) is 103 cm³/mol. The molecule has 2 aliphatic rings. The quantitative estimate of drug-likeness (QED) is 0.670. The second-order valence-corrected chi connectivity index (χ2v) is 7.26. The summed E-state index contributed by atoms with van der Waals surface area (Å²) in [5.74, 6) is 2.92. The minimum absolute atomic E-state index is 0.0506. The molecule has 0 amide bonds. The molecular weight excluding hydrogens is 416 g/mol. The molecule has 2 aromatic rings. The summed E-state index contributed by atoms with van der Waals surface area (Å²) in [6.45, 7) is 0.817. The van der Waals surface area contributed by atoms with Crippen LogP contribution in [0.5, 0.6) is 23.0 Å². The largest absolute Gasteiger partial charge is 0.454 e. The lowest BCUT2D eigenvalue weighted by atomic mass is 10.1. The number of alkyl halides is 1. The van der Waals surface area contributed by atoms with Gasteiger partial charge in [0.2, 0.25) is 13.6 Å². The maximum atomic E-state index is 9.56. The summed E-state index contributed by atoms with van der Waals surface area (Å²) >= 11 is 3.49. The molecule has 0 bridgehead atoms. The Balaban J connectivity index is 1.42. The Morgan fingerprint density at radius 1 is 0.963 bits per heavy atom. The van der Waals surface area contributed by atoms with E-state index in [9.17, 15) is 5.11 Å². The first-order valence-corrected chi connectivity index (χ1v) is 9.48. The Bertz CT molecular complexity index is 837. The van der Waals surface area contributed by atoms with Gasteiger partial charge in [-0.05, 0) is 35.4 Å². The zero-order valence-corrected chi connectivity index (χ0v) is 16.1. The molecule has 0 spiro atoms. The molecule has 27 heavy (non-hydrogen) atoms. The number of benzene rings is 2. The highest BCUT2D eigenvalue weighted by Crippen LogP contribution is 2.37. The summed E-state index contributed by atoms with van der Waals surface area (Å²) in [4.78, 5) is -0.239. The molecule has 6 nitrogen and oxygen atoms in total. The van der Waals surface area contributed by atoms with Crippen LogP contribution in [0.1, 0.15) is 17.2 Å². The van der Waals surface area contributed by atoms with Crippen LogP contribution < -0.4 is 18.9 Å². The van der Waals surface area contributed by atoms with Crippen molar-refractivity contribution in [3.8, 4) is 23.0 Å². The summed E-state index contributed by atoms with van der Waals surface area (Å²) in [6.07, 6.45) is 3.56. The molecule has 2 unspecified atom stereocenters. The Morgan fingerprint density at radius 3 is 2.37 bits per heavy atom. The summed E-state index contributed by atoms with van der Waals surface area (Å²) in [5, 5.41) is 9.56. The smallest absolute Gasteiger partial charge is 0.231 e. The van der Waals surface area contributed by atoms with Gasteiger partial charge in [-0.25, -0.2) is 0 Å². The maximum Gasteiger partial charge on any atom is 0.231 e. The molecule has 2 aliphatic heterocycles.